The minimum absolute atomic E-state index is 0. The van der Waals surface area contributed by atoms with Gasteiger partial charge in [0.2, 0.25) is 5.91 Å². The van der Waals surface area contributed by atoms with Crippen molar-refractivity contribution in [3.05, 3.63) is 16.8 Å². The molecule has 31 heavy (non-hydrogen) atoms. The number of aliphatic hydroxyl groups excluding tert-OH is 1. The van der Waals surface area contributed by atoms with E-state index in [1.54, 1.807) is 6.92 Å². The van der Waals surface area contributed by atoms with Crippen LogP contribution < -0.4 is 34.7 Å². The summed E-state index contributed by atoms with van der Waals surface area (Å²) in [6.45, 7) is 3.22. The molecule has 162 valence electrons. The Kier molecular flexibility index (Phi) is 6.48. The maximum Gasteiger partial charge on any atom is 1.00 e. The van der Waals surface area contributed by atoms with Crippen LogP contribution in [0.15, 0.2) is 22.1 Å². The van der Waals surface area contributed by atoms with Crippen LogP contribution in [0.1, 0.15) is 18.7 Å². The van der Waals surface area contributed by atoms with E-state index in [1.165, 1.54) is 23.8 Å². The first kappa shape index (κ1) is 24.7. The Labute approximate surface area is 207 Å². The molecule has 0 aromatic carbocycles. The summed E-state index contributed by atoms with van der Waals surface area (Å²) >= 11 is -0.608. The van der Waals surface area contributed by atoms with E-state index in [0.717, 1.165) is 22.5 Å². The average Bonchev–Trinajstić information content (AvgIpc) is 3.21. The van der Waals surface area contributed by atoms with E-state index in [0.29, 0.717) is 10.5 Å². The number of sulfone groups is 1. The standard InChI is InChI=1S/C17H19N3O7S3.Na/c1-6-9(12(16(23)24)20-11(6)10(7(2)21)14(20)22)8-5-19-15(28-8)13(30(4,26)27)18-17(19)29(3)25;/h5-7,10-11,21H,1-4H3,(H,23,24);/q;+1/p-1/t6-,7+,10+,11+,29?;/m0./s1. The summed E-state index contributed by atoms with van der Waals surface area (Å²) in [5, 5.41) is 21.6. The minimum atomic E-state index is -3.73. The second-order valence-electron chi connectivity index (χ2n) is 7.50. The maximum absolute atomic E-state index is 12.5. The number of aromatic nitrogens is 2. The number of aliphatic carboxylic acids is 1. The molecule has 10 nitrogen and oxygen atoms in total. The Morgan fingerprint density at radius 2 is 2.03 bits per heavy atom. The van der Waals surface area contributed by atoms with Crippen molar-refractivity contribution < 1.29 is 62.3 Å². The normalized spacial score (nSPS) is 25.3. The number of carboxylic acids is 1. The molecule has 2 aromatic rings. The van der Waals surface area contributed by atoms with Crippen LogP contribution in [0.2, 0.25) is 0 Å². The van der Waals surface area contributed by atoms with Gasteiger partial charge in [0.1, 0.15) is 11.1 Å². The summed E-state index contributed by atoms with van der Waals surface area (Å²) in [4.78, 5) is 30.1. The first-order valence-corrected chi connectivity index (χ1v) is 13.1. The molecule has 4 heterocycles. The summed E-state index contributed by atoms with van der Waals surface area (Å²) in [5.74, 6) is -3.20. The number of thiazole rings is 1. The molecule has 2 aliphatic rings. The van der Waals surface area contributed by atoms with Crippen molar-refractivity contribution in [1.82, 2.24) is 14.3 Å². The van der Waals surface area contributed by atoms with Crippen LogP contribution in [0.25, 0.3) is 10.4 Å². The molecule has 0 bridgehead atoms. The van der Waals surface area contributed by atoms with Crippen LogP contribution in [-0.4, -0.2) is 68.9 Å². The van der Waals surface area contributed by atoms with Crippen LogP contribution in [0.4, 0.5) is 0 Å². The Morgan fingerprint density at radius 1 is 1.42 bits per heavy atom. The van der Waals surface area contributed by atoms with Crippen molar-refractivity contribution in [2.75, 3.05) is 12.5 Å². The Hall–Kier alpha value is -0.930. The van der Waals surface area contributed by atoms with Crippen molar-refractivity contribution >= 4 is 54.6 Å². The van der Waals surface area contributed by atoms with Crippen molar-refractivity contribution in [3.8, 4) is 0 Å². The van der Waals surface area contributed by atoms with Gasteiger partial charge in [-0.25, -0.2) is 12.8 Å². The van der Waals surface area contributed by atoms with Crippen LogP contribution in [0, 0.1) is 11.8 Å². The molecule has 1 fully saturated rings. The number of aliphatic hydroxyl groups is 1. The predicted octanol–water partition coefficient (Wildman–Crippen LogP) is -4.14. The number of imidazole rings is 1. The SMILES string of the molecule is C[C@@H](O)[C@H]1C(=O)N2C(C(=O)[O-])=C(c3cn4c([S+](C)[O-])nc(S(C)(=O)=O)c4s3)[C@H](C)[C@H]12.[Na+]. The third kappa shape index (κ3) is 3.59. The minimum Gasteiger partial charge on any atom is -0.609 e. The molecule has 4 rings (SSSR count). The van der Waals surface area contributed by atoms with E-state index in [9.17, 15) is 32.8 Å². The van der Waals surface area contributed by atoms with Gasteiger partial charge in [-0.15, -0.1) is 11.3 Å². The zero-order valence-electron chi connectivity index (χ0n) is 17.3. The first-order valence-electron chi connectivity index (χ1n) is 8.88. The van der Waals surface area contributed by atoms with E-state index in [2.05, 4.69) is 4.98 Å². The molecule has 0 spiro atoms. The van der Waals surface area contributed by atoms with Crippen LogP contribution >= 0.6 is 11.3 Å². The maximum atomic E-state index is 12.5. The number of hydrogen-bond donors (Lipinski definition) is 1. The molecule has 1 N–H and O–H groups in total. The van der Waals surface area contributed by atoms with Gasteiger partial charge in [-0.3, -0.25) is 4.79 Å². The molecule has 14 heteroatoms. The molecule has 1 unspecified atom stereocenters. The average molecular weight is 496 g/mol. The predicted molar refractivity (Wildman–Crippen MR) is 105 cm³/mol. The number of rotatable bonds is 5. The fourth-order valence-electron chi connectivity index (χ4n) is 4.28. The molecule has 1 amide bonds. The largest absolute Gasteiger partial charge is 1.00 e. The van der Waals surface area contributed by atoms with Gasteiger partial charge < -0.3 is 24.5 Å². The fourth-order valence-corrected chi connectivity index (χ4v) is 7.42. The molecule has 2 aromatic heterocycles. The molecule has 0 saturated carbocycles. The number of hydrogen-bond acceptors (Lipinski definition) is 9. The van der Waals surface area contributed by atoms with Crippen LogP contribution in [-0.2, 0) is 30.6 Å². The van der Waals surface area contributed by atoms with E-state index in [4.69, 9.17) is 0 Å². The van der Waals surface area contributed by atoms with Gasteiger partial charge >= 0.3 is 34.7 Å². The van der Waals surface area contributed by atoms with E-state index in [-0.39, 0.29) is 50.3 Å². The molecule has 0 radical (unpaired) electrons. The zero-order chi connectivity index (χ0) is 22.3. The summed E-state index contributed by atoms with van der Waals surface area (Å²) in [5.41, 5.74) is 0.0319. The number of carbonyl (C=O) groups is 2. The number of carbonyl (C=O) groups excluding carboxylic acids is 2. The Morgan fingerprint density at radius 3 is 2.52 bits per heavy atom. The summed E-state index contributed by atoms with van der Waals surface area (Å²) < 4.78 is 37.8. The van der Waals surface area contributed by atoms with E-state index < -0.39 is 56.9 Å². The second-order valence-corrected chi connectivity index (χ2v) is 11.7. The second kappa shape index (κ2) is 8.13. The number of carboxylic acid groups (broad SMARTS) is 1. The smallest absolute Gasteiger partial charge is 0.609 e. The molecule has 2 aliphatic heterocycles. The summed E-state index contributed by atoms with van der Waals surface area (Å²) in [6, 6.07) is -0.533. The Bertz CT molecular complexity index is 1230. The summed E-state index contributed by atoms with van der Waals surface area (Å²) in [6.07, 6.45) is 2.89. The van der Waals surface area contributed by atoms with E-state index >= 15 is 0 Å². The van der Waals surface area contributed by atoms with Crippen molar-refractivity contribution in [3.63, 3.8) is 0 Å². The quantitative estimate of drug-likeness (QED) is 0.249. The first-order chi connectivity index (χ1) is 13.9. The van der Waals surface area contributed by atoms with Crippen molar-refractivity contribution in [2.24, 2.45) is 11.8 Å². The van der Waals surface area contributed by atoms with Gasteiger partial charge in [0, 0.05) is 35.1 Å². The molecular formula is C17H18N3NaO7S3. The molecular weight excluding hydrogens is 477 g/mol. The molecule has 1 saturated heterocycles. The van der Waals surface area contributed by atoms with Crippen LogP contribution in [0.3, 0.4) is 0 Å². The summed E-state index contributed by atoms with van der Waals surface area (Å²) in [7, 11) is -3.73. The number of β-lactam (4-membered cyclic amide) rings is 1. The van der Waals surface area contributed by atoms with Gasteiger partial charge in [0.15, 0.2) is 14.9 Å². The van der Waals surface area contributed by atoms with Gasteiger partial charge in [-0.05, 0) is 6.92 Å². The number of amides is 1. The third-order valence-corrected chi connectivity index (χ3v) is 8.54. The van der Waals surface area contributed by atoms with Gasteiger partial charge in [-0.1, -0.05) is 6.92 Å². The number of nitrogens with zero attached hydrogens (tertiary/aromatic N) is 3. The Balaban J connectivity index is 0.00000272. The number of fused-ring (bicyclic) bond motifs is 2. The monoisotopic (exact) mass is 495 g/mol. The molecule has 5 atom stereocenters. The topological polar surface area (TPSA) is 155 Å². The third-order valence-electron chi connectivity index (χ3n) is 5.50. The van der Waals surface area contributed by atoms with E-state index in [1.807, 2.05) is 0 Å². The van der Waals surface area contributed by atoms with Gasteiger partial charge in [0.05, 0.1) is 34.6 Å². The van der Waals surface area contributed by atoms with Gasteiger partial charge in [0.25, 0.3) is 0 Å². The van der Waals surface area contributed by atoms with Gasteiger partial charge in [-0.2, -0.15) is 4.98 Å². The molecule has 0 aliphatic carbocycles. The van der Waals surface area contributed by atoms with Crippen molar-refractivity contribution in [2.45, 2.75) is 36.2 Å². The fraction of sp³-hybridized carbons (Fsp3) is 0.471. The zero-order valence-corrected chi connectivity index (χ0v) is 21.8. The van der Waals surface area contributed by atoms with Crippen LogP contribution in [0.5, 0.6) is 0 Å². The van der Waals surface area contributed by atoms with Crippen molar-refractivity contribution in [1.29, 1.82) is 0 Å².